The number of ether oxygens (including phenoxy) is 2. The average Bonchev–Trinajstić information content (AvgIpc) is 2.80. The van der Waals surface area contributed by atoms with Crippen molar-refractivity contribution in [1.82, 2.24) is 0 Å². The highest BCUT2D eigenvalue weighted by Gasteiger charge is 2.41. The maximum atomic E-state index is 12.4. The van der Waals surface area contributed by atoms with E-state index in [1.54, 1.807) is 20.8 Å². The molecule has 0 radical (unpaired) electrons. The second-order valence-electron chi connectivity index (χ2n) is 6.72. The van der Waals surface area contributed by atoms with Crippen LogP contribution in [0.1, 0.15) is 66.7 Å². The monoisotopic (exact) mass is 284 g/mol. The molecule has 1 unspecified atom stereocenters. The number of hydrogen-bond acceptors (Lipinski definition) is 4. The van der Waals surface area contributed by atoms with Gasteiger partial charge in [0.05, 0.1) is 5.92 Å². The molecule has 0 saturated heterocycles. The van der Waals surface area contributed by atoms with Gasteiger partial charge in [0.25, 0.3) is 0 Å². The molecule has 0 aliphatic heterocycles. The van der Waals surface area contributed by atoms with E-state index in [4.69, 9.17) is 9.47 Å². The SMILES string of the molecule is CC(C)CC(C)(OC(=O)C(C)C)C(=O)OC1CCCC1. The number of carbonyl (C=O) groups excluding carboxylic acids is 2. The fourth-order valence-electron chi connectivity index (χ4n) is 2.57. The van der Waals surface area contributed by atoms with Gasteiger partial charge in [-0.1, -0.05) is 27.7 Å². The molecule has 0 aromatic heterocycles. The van der Waals surface area contributed by atoms with Crippen molar-refractivity contribution < 1.29 is 19.1 Å². The van der Waals surface area contributed by atoms with Gasteiger partial charge in [-0.3, -0.25) is 4.79 Å². The number of carbonyl (C=O) groups is 2. The van der Waals surface area contributed by atoms with E-state index >= 15 is 0 Å². The molecule has 0 heterocycles. The molecule has 116 valence electrons. The maximum absolute atomic E-state index is 12.4. The molecular weight excluding hydrogens is 256 g/mol. The molecular formula is C16H28O4. The van der Waals surface area contributed by atoms with E-state index in [2.05, 4.69) is 0 Å². The Kier molecular flexibility index (Phi) is 6.03. The molecule has 1 fully saturated rings. The maximum Gasteiger partial charge on any atom is 0.350 e. The number of esters is 2. The van der Waals surface area contributed by atoms with Crippen molar-refractivity contribution in [3.63, 3.8) is 0 Å². The van der Waals surface area contributed by atoms with Gasteiger partial charge in [-0.05, 0) is 38.5 Å². The average molecular weight is 284 g/mol. The first kappa shape index (κ1) is 17.0. The van der Waals surface area contributed by atoms with E-state index in [-0.39, 0.29) is 23.9 Å². The first-order valence-corrected chi connectivity index (χ1v) is 7.68. The van der Waals surface area contributed by atoms with Crippen LogP contribution < -0.4 is 0 Å². The summed E-state index contributed by atoms with van der Waals surface area (Å²) in [5.41, 5.74) is -1.17. The van der Waals surface area contributed by atoms with E-state index in [0.29, 0.717) is 6.42 Å². The minimum Gasteiger partial charge on any atom is -0.459 e. The predicted octanol–water partition coefficient (Wildman–Crippen LogP) is 3.48. The van der Waals surface area contributed by atoms with Gasteiger partial charge in [0.1, 0.15) is 6.10 Å². The second kappa shape index (κ2) is 7.09. The van der Waals surface area contributed by atoms with Gasteiger partial charge in [0, 0.05) is 6.42 Å². The van der Waals surface area contributed by atoms with Crippen molar-refractivity contribution in [2.24, 2.45) is 11.8 Å². The Balaban J connectivity index is 2.74. The lowest BCUT2D eigenvalue weighted by molar-refractivity contribution is -0.188. The highest BCUT2D eigenvalue weighted by atomic mass is 16.6. The Morgan fingerprint density at radius 1 is 1.15 bits per heavy atom. The summed E-state index contributed by atoms with van der Waals surface area (Å²) in [5.74, 6) is -0.750. The van der Waals surface area contributed by atoms with Crippen LogP contribution in [-0.4, -0.2) is 23.6 Å². The molecule has 0 amide bonds. The smallest absolute Gasteiger partial charge is 0.350 e. The lowest BCUT2D eigenvalue weighted by Gasteiger charge is -2.30. The standard InChI is InChI=1S/C16H28O4/c1-11(2)10-16(5,20-14(17)12(3)4)15(18)19-13-8-6-7-9-13/h11-13H,6-10H2,1-5H3. The van der Waals surface area contributed by atoms with Crippen LogP contribution in [0, 0.1) is 11.8 Å². The Hall–Kier alpha value is -1.06. The minimum absolute atomic E-state index is 0.00765. The highest BCUT2D eigenvalue weighted by molar-refractivity contribution is 5.83. The molecule has 4 nitrogen and oxygen atoms in total. The summed E-state index contributed by atoms with van der Waals surface area (Å²) in [4.78, 5) is 24.3. The van der Waals surface area contributed by atoms with Crippen LogP contribution >= 0.6 is 0 Å². The quantitative estimate of drug-likeness (QED) is 0.701. The van der Waals surface area contributed by atoms with E-state index in [0.717, 1.165) is 25.7 Å². The molecule has 1 atom stereocenters. The first-order valence-electron chi connectivity index (χ1n) is 7.68. The summed E-state index contributed by atoms with van der Waals surface area (Å²) in [5, 5.41) is 0. The zero-order valence-electron chi connectivity index (χ0n) is 13.4. The molecule has 1 aliphatic carbocycles. The van der Waals surface area contributed by atoms with Crippen molar-refractivity contribution in [1.29, 1.82) is 0 Å². The highest BCUT2D eigenvalue weighted by Crippen LogP contribution is 2.28. The molecule has 0 aromatic rings. The zero-order valence-corrected chi connectivity index (χ0v) is 13.4. The molecule has 4 heteroatoms. The van der Waals surface area contributed by atoms with Gasteiger partial charge < -0.3 is 9.47 Å². The molecule has 0 N–H and O–H groups in total. The third-order valence-corrected chi connectivity index (χ3v) is 3.60. The molecule has 0 aromatic carbocycles. The van der Waals surface area contributed by atoms with Crippen molar-refractivity contribution in [2.75, 3.05) is 0 Å². The minimum atomic E-state index is -1.17. The summed E-state index contributed by atoms with van der Waals surface area (Å²) in [7, 11) is 0. The lowest BCUT2D eigenvalue weighted by atomic mass is 9.93. The van der Waals surface area contributed by atoms with Crippen LogP contribution in [0.5, 0.6) is 0 Å². The second-order valence-corrected chi connectivity index (χ2v) is 6.72. The van der Waals surface area contributed by atoms with E-state index in [1.807, 2.05) is 13.8 Å². The van der Waals surface area contributed by atoms with Crippen molar-refractivity contribution in [3.8, 4) is 0 Å². The largest absolute Gasteiger partial charge is 0.459 e. The molecule has 0 spiro atoms. The van der Waals surface area contributed by atoms with Crippen molar-refractivity contribution in [2.45, 2.75) is 78.4 Å². The summed E-state index contributed by atoms with van der Waals surface area (Å²) in [6.45, 7) is 9.21. The topological polar surface area (TPSA) is 52.6 Å². The van der Waals surface area contributed by atoms with Crippen LogP contribution in [0.4, 0.5) is 0 Å². The van der Waals surface area contributed by atoms with E-state index in [1.165, 1.54) is 0 Å². The molecule has 1 saturated carbocycles. The van der Waals surface area contributed by atoms with E-state index in [9.17, 15) is 9.59 Å². The third-order valence-electron chi connectivity index (χ3n) is 3.60. The third kappa shape index (κ3) is 4.80. The van der Waals surface area contributed by atoms with Crippen LogP contribution in [-0.2, 0) is 19.1 Å². The lowest BCUT2D eigenvalue weighted by Crippen LogP contribution is -2.45. The molecule has 1 aliphatic rings. The Morgan fingerprint density at radius 3 is 2.15 bits per heavy atom. The molecule has 1 rings (SSSR count). The number of hydrogen-bond donors (Lipinski definition) is 0. The van der Waals surface area contributed by atoms with Gasteiger partial charge in [-0.15, -0.1) is 0 Å². The van der Waals surface area contributed by atoms with Crippen LogP contribution in [0.3, 0.4) is 0 Å². The Labute approximate surface area is 122 Å². The van der Waals surface area contributed by atoms with Crippen LogP contribution in [0.15, 0.2) is 0 Å². The first-order chi connectivity index (χ1) is 9.24. The van der Waals surface area contributed by atoms with Gasteiger partial charge in [-0.25, -0.2) is 4.79 Å². The fourth-order valence-corrected chi connectivity index (χ4v) is 2.57. The summed E-state index contributed by atoms with van der Waals surface area (Å²) in [6, 6.07) is 0. The Bertz CT molecular complexity index is 342. The van der Waals surface area contributed by atoms with Gasteiger partial charge in [0.2, 0.25) is 5.60 Å². The fraction of sp³-hybridized carbons (Fsp3) is 0.875. The summed E-state index contributed by atoms with van der Waals surface area (Å²) in [6.07, 6.45) is 4.52. The Morgan fingerprint density at radius 2 is 1.70 bits per heavy atom. The van der Waals surface area contributed by atoms with Gasteiger partial charge >= 0.3 is 11.9 Å². The summed E-state index contributed by atoms with van der Waals surface area (Å²) < 4.78 is 11.0. The van der Waals surface area contributed by atoms with E-state index < -0.39 is 11.6 Å². The van der Waals surface area contributed by atoms with Crippen molar-refractivity contribution in [3.05, 3.63) is 0 Å². The molecule has 0 bridgehead atoms. The van der Waals surface area contributed by atoms with Gasteiger partial charge in [0.15, 0.2) is 0 Å². The number of rotatable bonds is 6. The van der Waals surface area contributed by atoms with Crippen molar-refractivity contribution >= 4 is 11.9 Å². The predicted molar refractivity (Wildman–Crippen MR) is 77.1 cm³/mol. The van der Waals surface area contributed by atoms with Crippen LogP contribution in [0.25, 0.3) is 0 Å². The summed E-state index contributed by atoms with van der Waals surface area (Å²) >= 11 is 0. The normalized spacial score (nSPS) is 19.1. The zero-order chi connectivity index (χ0) is 15.3. The molecule has 20 heavy (non-hydrogen) atoms. The van der Waals surface area contributed by atoms with Crippen LogP contribution in [0.2, 0.25) is 0 Å². The van der Waals surface area contributed by atoms with Gasteiger partial charge in [-0.2, -0.15) is 0 Å².